The number of amides is 1. The van der Waals surface area contributed by atoms with Gasteiger partial charge < -0.3 is 15.4 Å². The third-order valence-corrected chi connectivity index (χ3v) is 3.65. The number of nitrogens with two attached hydrogens (primary N) is 1. The van der Waals surface area contributed by atoms with Gasteiger partial charge in [0.15, 0.2) is 0 Å². The maximum absolute atomic E-state index is 12.1. The van der Waals surface area contributed by atoms with E-state index in [1.54, 1.807) is 0 Å². The summed E-state index contributed by atoms with van der Waals surface area (Å²) in [6, 6.07) is 8.01. The molecule has 0 bridgehead atoms. The van der Waals surface area contributed by atoms with Crippen molar-refractivity contribution in [3.05, 3.63) is 29.8 Å². The SMILES string of the molecule is CC(C)(C)OC(=O)N1CCCC(Cc2cccc(N)c2)C1. The molecule has 0 aliphatic carbocycles. The van der Waals surface area contributed by atoms with Gasteiger partial charge in [0.05, 0.1) is 0 Å². The fraction of sp³-hybridized carbons (Fsp3) is 0.588. The lowest BCUT2D eigenvalue weighted by atomic mass is 9.91. The zero-order valence-corrected chi connectivity index (χ0v) is 13.3. The molecule has 21 heavy (non-hydrogen) atoms. The van der Waals surface area contributed by atoms with Crippen LogP contribution in [0.25, 0.3) is 0 Å². The second-order valence-corrected chi connectivity index (χ2v) is 6.88. The second kappa shape index (κ2) is 6.37. The van der Waals surface area contributed by atoms with E-state index in [1.165, 1.54) is 5.56 Å². The number of piperidine rings is 1. The first kappa shape index (κ1) is 15.7. The molecule has 2 rings (SSSR count). The first-order chi connectivity index (χ1) is 9.83. The van der Waals surface area contributed by atoms with Gasteiger partial charge in [0.25, 0.3) is 0 Å². The molecule has 0 saturated carbocycles. The van der Waals surface area contributed by atoms with E-state index < -0.39 is 5.60 Å². The number of nitrogens with zero attached hydrogens (tertiary/aromatic N) is 1. The van der Waals surface area contributed by atoms with Crippen molar-refractivity contribution in [2.24, 2.45) is 5.92 Å². The molecular formula is C17H26N2O2. The molecule has 0 spiro atoms. The number of anilines is 1. The van der Waals surface area contributed by atoms with Crippen LogP contribution in [0.1, 0.15) is 39.2 Å². The molecule has 0 radical (unpaired) electrons. The summed E-state index contributed by atoms with van der Waals surface area (Å²) in [5.74, 6) is 0.480. The van der Waals surface area contributed by atoms with E-state index in [1.807, 2.05) is 43.9 Å². The zero-order chi connectivity index (χ0) is 15.5. The molecule has 2 N–H and O–H groups in total. The topological polar surface area (TPSA) is 55.6 Å². The molecule has 116 valence electrons. The van der Waals surface area contributed by atoms with Crippen molar-refractivity contribution in [2.45, 2.75) is 45.6 Å². The van der Waals surface area contributed by atoms with Crippen LogP contribution in [0.2, 0.25) is 0 Å². The molecule has 1 aromatic carbocycles. The van der Waals surface area contributed by atoms with E-state index in [-0.39, 0.29) is 6.09 Å². The monoisotopic (exact) mass is 290 g/mol. The second-order valence-electron chi connectivity index (χ2n) is 6.88. The van der Waals surface area contributed by atoms with Crippen LogP contribution in [0.4, 0.5) is 10.5 Å². The standard InChI is InChI=1S/C17H26N2O2/c1-17(2,3)21-16(20)19-9-5-7-14(12-19)10-13-6-4-8-15(18)11-13/h4,6,8,11,14H,5,7,9-10,12,18H2,1-3H3. The molecule has 1 aliphatic heterocycles. The van der Waals surface area contributed by atoms with Gasteiger partial charge in [-0.25, -0.2) is 4.79 Å². The summed E-state index contributed by atoms with van der Waals surface area (Å²) in [6.45, 7) is 7.27. The van der Waals surface area contributed by atoms with E-state index in [0.29, 0.717) is 5.92 Å². The van der Waals surface area contributed by atoms with Gasteiger partial charge in [-0.05, 0) is 63.6 Å². The van der Waals surface area contributed by atoms with Crippen molar-refractivity contribution < 1.29 is 9.53 Å². The largest absolute Gasteiger partial charge is 0.444 e. The molecule has 1 aromatic rings. The lowest BCUT2D eigenvalue weighted by Crippen LogP contribution is -2.43. The van der Waals surface area contributed by atoms with E-state index in [4.69, 9.17) is 10.5 Å². The number of nitrogen functional groups attached to an aromatic ring is 1. The summed E-state index contributed by atoms with van der Waals surface area (Å²) >= 11 is 0. The van der Waals surface area contributed by atoms with Gasteiger partial charge in [0.1, 0.15) is 5.60 Å². The summed E-state index contributed by atoms with van der Waals surface area (Å²) in [6.07, 6.45) is 2.95. The van der Waals surface area contributed by atoms with Gasteiger partial charge in [0, 0.05) is 18.8 Å². The van der Waals surface area contributed by atoms with Crippen LogP contribution in [0.3, 0.4) is 0 Å². The van der Waals surface area contributed by atoms with Gasteiger partial charge in [-0.1, -0.05) is 12.1 Å². The molecule has 4 heteroatoms. The van der Waals surface area contributed by atoms with Gasteiger partial charge in [-0.15, -0.1) is 0 Å². The van der Waals surface area contributed by atoms with Gasteiger partial charge >= 0.3 is 6.09 Å². The Balaban J connectivity index is 1.93. The molecule has 4 nitrogen and oxygen atoms in total. The Hall–Kier alpha value is -1.71. The van der Waals surface area contributed by atoms with Crippen LogP contribution >= 0.6 is 0 Å². The number of ether oxygens (including phenoxy) is 1. The first-order valence-corrected chi connectivity index (χ1v) is 7.66. The van der Waals surface area contributed by atoms with Crippen molar-refractivity contribution in [1.82, 2.24) is 4.90 Å². The first-order valence-electron chi connectivity index (χ1n) is 7.66. The van der Waals surface area contributed by atoms with Gasteiger partial charge in [0.2, 0.25) is 0 Å². The minimum absolute atomic E-state index is 0.195. The highest BCUT2D eigenvalue weighted by atomic mass is 16.6. The lowest BCUT2D eigenvalue weighted by molar-refractivity contribution is 0.0166. The molecule has 0 aromatic heterocycles. The van der Waals surface area contributed by atoms with Crippen LogP contribution in [0.15, 0.2) is 24.3 Å². The fourth-order valence-corrected chi connectivity index (χ4v) is 2.78. The van der Waals surface area contributed by atoms with Crippen molar-refractivity contribution in [3.8, 4) is 0 Å². The minimum Gasteiger partial charge on any atom is -0.444 e. The quantitative estimate of drug-likeness (QED) is 0.849. The van der Waals surface area contributed by atoms with Crippen LogP contribution in [-0.4, -0.2) is 29.7 Å². The lowest BCUT2D eigenvalue weighted by Gasteiger charge is -2.34. The van der Waals surface area contributed by atoms with Crippen LogP contribution in [-0.2, 0) is 11.2 Å². The van der Waals surface area contributed by atoms with Gasteiger partial charge in [-0.3, -0.25) is 0 Å². The summed E-state index contributed by atoms with van der Waals surface area (Å²) in [4.78, 5) is 14.0. The Bertz CT molecular complexity index is 494. The Morgan fingerprint density at radius 1 is 1.43 bits per heavy atom. The number of benzene rings is 1. The molecule has 1 saturated heterocycles. The normalized spacial score (nSPS) is 19.4. The molecular weight excluding hydrogens is 264 g/mol. The summed E-state index contributed by atoms with van der Waals surface area (Å²) in [7, 11) is 0. The Morgan fingerprint density at radius 3 is 2.86 bits per heavy atom. The molecule has 1 heterocycles. The molecule has 1 fully saturated rings. The molecule has 1 aliphatic rings. The Labute approximate surface area is 127 Å². The molecule has 1 unspecified atom stereocenters. The highest BCUT2D eigenvalue weighted by Gasteiger charge is 2.27. The van der Waals surface area contributed by atoms with Crippen molar-refractivity contribution in [3.63, 3.8) is 0 Å². The predicted molar refractivity (Wildman–Crippen MR) is 85.1 cm³/mol. The smallest absolute Gasteiger partial charge is 0.410 e. The Morgan fingerprint density at radius 2 is 2.19 bits per heavy atom. The third kappa shape index (κ3) is 4.96. The number of carbonyl (C=O) groups excluding carboxylic acids is 1. The van der Waals surface area contributed by atoms with Crippen LogP contribution in [0.5, 0.6) is 0 Å². The molecule has 1 atom stereocenters. The van der Waals surface area contributed by atoms with Crippen LogP contribution < -0.4 is 5.73 Å². The fourth-order valence-electron chi connectivity index (χ4n) is 2.78. The number of hydrogen-bond acceptors (Lipinski definition) is 3. The summed E-state index contributed by atoms with van der Waals surface area (Å²) in [5, 5.41) is 0. The number of carbonyl (C=O) groups is 1. The van der Waals surface area contributed by atoms with E-state index in [2.05, 4.69) is 6.07 Å². The number of likely N-dealkylation sites (tertiary alicyclic amines) is 1. The predicted octanol–water partition coefficient (Wildman–Crippen LogP) is 3.46. The average Bonchev–Trinajstić information content (AvgIpc) is 2.37. The highest BCUT2D eigenvalue weighted by molar-refractivity contribution is 5.68. The van der Waals surface area contributed by atoms with Crippen molar-refractivity contribution >= 4 is 11.8 Å². The summed E-state index contributed by atoms with van der Waals surface area (Å²) < 4.78 is 5.46. The number of rotatable bonds is 2. The molecule has 1 amide bonds. The number of hydrogen-bond donors (Lipinski definition) is 1. The summed E-state index contributed by atoms with van der Waals surface area (Å²) in [5.41, 5.74) is 7.43. The average molecular weight is 290 g/mol. The Kier molecular flexibility index (Phi) is 4.76. The maximum Gasteiger partial charge on any atom is 0.410 e. The minimum atomic E-state index is -0.433. The van der Waals surface area contributed by atoms with E-state index in [9.17, 15) is 4.79 Å². The van der Waals surface area contributed by atoms with Crippen molar-refractivity contribution in [1.29, 1.82) is 0 Å². The van der Waals surface area contributed by atoms with E-state index >= 15 is 0 Å². The maximum atomic E-state index is 12.1. The van der Waals surface area contributed by atoms with Gasteiger partial charge in [-0.2, -0.15) is 0 Å². The van der Waals surface area contributed by atoms with Crippen molar-refractivity contribution in [2.75, 3.05) is 18.8 Å². The zero-order valence-electron chi connectivity index (χ0n) is 13.3. The van der Waals surface area contributed by atoms with E-state index in [0.717, 1.165) is 38.0 Å². The highest BCUT2D eigenvalue weighted by Crippen LogP contribution is 2.23. The third-order valence-electron chi connectivity index (χ3n) is 3.65. The van der Waals surface area contributed by atoms with Crippen LogP contribution in [0, 0.1) is 5.92 Å².